The second kappa shape index (κ2) is 6.29. The van der Waals surface area contributed by atoms with Crippen molar-refractivity contribution < 1.29 is 9.18 Å². The van der Waals surface area contributed by atoms with Crippen molar-refractivity contribution in [2.75, 3.05) is 6.54 Å². The number of alkyl halides is 1. The quantitative estimate of drug-likeness (QED) is 0.723. The summed E-state index contributed by atoms with van der Waals surface area (Å²) in [6.07, 6.45) is 6.23. The van der Waals surface area contributed by atoms with Gasteiger partial charge in [0.15, 0.2) is 0 Å². The summed E-state index contributed by atoms with van der Waals surface area (Å²) >= 11 is 1.88. The molecule has 2 saturated carbocycles. The maximum Gasteiger partial charge on any atom is 0.239 e. The van der Waals surface area contributed by atoms with Crippen LogP contribution in [0.5, 0.6) is 0 Å². The molecule has 0 aromatic carbocycles. The van der Waals surface area contributed by atoms with Crippen molar-refractivity contribution in [1.29, 1.82) is 0 Å². The van der Waals surface area contributed by atoms with Gasteiger partial charge in [-0.05, 0) is 63.3 Å². The van der Waals surface area contributed by atoms with E-state index >= 15 is 0 Å². The van der Waals surface area contributed by atoms with E-state index in [-0.39, 0.29) is 17.4 Å². The molecule has 6 unspecified atom stereocenters. The Bertz CT molecular complexity index is 432. The second-order valence-corrected chi connectivity index (χ2v) is 8.61. The number of carbonyl (C=O) groups excluding carboxylic acids is 1. The number of hydrogen-bond donors (Lipinski definition) is 3. The van der Waals surface area contributed by atoms with Crippen LogP contribution in [0.2, 0.25) is 0 Å². The van der Waals surface area contributed by atoms with Gasteiger partial charge in [0.2, 0.25) is 5.91 Å². The topological polar surface area (TPSA) is 53.2 Å². The summed E-state index contributed by atoms with van der Waals surface area (Å²) in [7, 11) is 0. The summed E-state index contributed by atoms with van der Waals surface area (Å²) in [6.45, 7) is 0.947. The Balaban J connectivity index is 1.36. The lowest BCUT2D eigenvalue weighted by atomic mass is 9.68. The normalized spacial score (nSPS) is 47.8. The zero-order chi connectivity index (χ0) is 15.1. The molecule has 2 saturated heterocycles. The fourth-order valence-electron chi connectivity index (χ4n) is 4.83. The number of fused-ring (bicyclic) bond motifs is 3. The van der Waals surface area contributed by atoms with Gasteiger partial charge in [-0.15, -0.1) is 11.8 Å². The van der Waals surface area contributed by atoms with Crippen molar-refractivity contribution in [3.63, 3.8) is 0 Å². The minimum atomic E-state index is -0.582. The molecule has 3 N–H and O–H groups in total. The number of rotatable bonds is 2. The Kier molecular flexibility index (Phi) is 4.35. The monoisotopic (exact) mass is 327 g/mol. The predicted molar refractivity (Wildman–Crippen MR) is 86.2 cm³/mol. The van der Waals surface area contributed by atoms with Crippen molar-refractivity contribution in [1.82, 2.24) is 16.0 Å². The minimum Gasteiger partial charge on any atom is -0.330 e. The summed E-state index contributed by atoms with van der Waals surface area (Å²) in [5, 5.41) is 10.6. The van der Waals surface area contributed by atoms with Gasteiger partial charge in [0.1, 0.15) is 11.7 Å². The fourth-order valence-corrected chi connectivity index (χ4v) is 6.55. The SMILES string of the molecule is O=C(NC1NC2CCC3CC(F)CCC3C2S1)[C@@H]1CCCN1. The third kappa shape index (κ3) is 2.89. The van der Waals surface area contributed by atoms with E-state index < -0.39 is 6.17 Å². The molecule has 0 spiro atoms. The molecule has 1 amide bonds. The Morgan fingerprint density at radius 3 is 2.91 bits per heavy atom. The summed E-state index contributed by atoms with van der Waals surface area (Å²) in [6, 6.07) is 0.476. The van der Waals surface area contributed by atoms with Crippen LogP contribution in [-0.2, 0) is 4.79 Å². The fraction of sp³-hybridized carbons (Fsp3) is 0.938. The van der Waals surface area contributed by atoms with Crippen LogP contribution in [0, 0.1) is 11.8 Å². The van der Waals surface area contributed by atoms with Crippen LogP contribution in [0.3, 0.4) is 0 Å². The molecular weight excluding hydrogens is 301 g/mol. The van der Waals surface area contributed by atoms with E-state index in [0.29, 0.717) is 23.1 Å². The smallest absolute Gasteiger partial charge is 0.239 e. The minimum absolute atomic E-state index is 0.0141. The van der Waals surface area contributed by atoms with Gasteiger partial charge in [-0.3, -0.25) is 10.1 Å². The van der Waals surface area contributed by atoms with E-state index in [9.17, 15) is 9.18 Å². The Morgan fingerprint density at radius 2 is 2.09 bits per heavy atom. The number of carbonyl (C=O) groups is 1. The molecule has 22 heavy (non-hydrogen) atoms. The van der Waals surface area contributed by atoms with Gasteiger partial charge in [-0.25, -0.2) is 4.39 Å². The number of amides is 1. The average molecular weight is 327 g/mol. The molecule has 7 atom stereocenters. The van der Waals surface area contributed by atoms with Gasteiger partial charge in [0.05, 0.1) is 6.04 Å². The molecule has 6 heteroatoms. The van der Waals surface area contributed by atoms with Crippen LogP contribution in [-0.4, -0.2) is 41.5 Å². The first kappa shape index (κ1) is 15.2. The Hall–Kier alpha value is -0.330. The zero-order valence-electron chi connectivity index (χ0n) is 12.9. The van der Waals surface area contributed by atoms with Gasteiger partial charge in [0.25, 0.3) is 0 Å². The third-order valence-corrected chi connectivity index (χ3v) is 7.47. The van der Waals surface area contributed by atoms with Crippen LogP contribution in [0.15, 0.2) is 0 Å². The molecule has 0 radical (unpaired) electrons. The molecule has 2 aliphatic carbocycles. The highest BCUT2D eigenvalue weighted by molar-refractivity contribution is 8.00. The standard InChI is InChI=1S/C16H26FN3OS/c17-10-4-5-11-9(8-10)3-6-12-14(11)22-16(19-12)20-15(21)13-2-1-7-18-13/h9-14,16,18-19H,1-8H2,(H,20,21)/t9?,10?,11?,12?,13-,14?,16?/m0/s1. The van der Waals surface area contributed by atoms with Crippen LogP contribution in [0.4, 0.5) is 4.39 Å². The van der Waals surface area contributed by atoms with E-state index in [1.807, 2.05) is 11.8 Å². The summed E-state index contributed by atoms with van der Waals surface area (Å²) in [5.41, 5.74) is 0.0340. The molecular formula is C16H26FN3OS. The highest BCUT2D eigenvalue weighted by Crippen LogP contribution is 2.48. The molecule has 2 heterocycles. The van der Waals surface area contributed by atoms with Crippen molar-refractivity contribution in [3.8, 4) is 0 Å². The van der Waals surface area contributed by atoms with Gasteiger partial charge < -0.3 is 10.6 Å². The molecule has 2 aliphatic heterocycles. The van der Waals surface area contributed by atoms with Crippen LogP contribution < -0.4 is 16.0 Å². The largest absolute Gasteiger partial charge is 0.330 e. The molecule has 0 bridgehead atoms. The van der Waals surface area contributed by atoms with Crippen molar-refractivity contribution in [2.45, 2.75) is 73.9 Å². The number of thioether (sulfide) groups is 1. The Morgan fingerprint density at radius 1 is 1.18 bits per heavy atom. The van der Waals surface area contributed by atoms with Crippen LogP contribution in [0.25, 0.3) is 0 Å². The molecule has 124 valence electrons. The molecule has 4 aliphatic rings. The number of halogens is 1. The average Bonchev–Trinajstić information content (AvgIpc) is 3.15. The highest BCUT2D eigenvalue weighted by atomic mass is 32.2. The zero-order valence-corrected chi connectivity index (χ0v) is 13.7. The van der Waals surface area contributed by atoms with Gasteiger partial charge in [0, 0.05) is 11.3 Å². The van der Waals surface area contributed by atoms with E-state index in [1.165, 1.54) is 0 Å². The van der Waals surface area contributed by atoms with E-state index in [0.717, 1.165) is 51.5 Å². The molecule has 0 aromatic rings. The molecule has 4 rings (SSSR count). The number of hydrogen-bond acceptors (Lipinski definition) is 4. The first-order valence-electron chi connectivity index (χ1n) is 8.80. The molecule has 4 fully saturated rings. The van der Waals surface area contributed by atoms with E-state index in [4.69, 9.17) is 0 Å². The van der Waals surface area contributed by atoms with Gasteiger partial charge in [-0.2, -0.15) is 0 Å². The summed E-state index contributed by atoms with van der Waals surface area (Å²) < 4.78 is 13.6. The van der Waals surface area contributed by atoms with Crippen molar-refractivity contribution >= 4 is 17.7 Å². The van der Waals surface area contributed by atoms with Gasteiger partial charge >= 0.3 is 0 Å². The Labute approximate surface area is 135 Å². The summed E-state index contributed by atoms with van der Waals surface area (Å²) in [5.74, 6) is 1.32. The lowest BCUT2D eigenvalue weighted by Crippen LogP contribution is -2.50. The molecule has 4 nitrogen and oxygen atoms in total. The highest BCUT2D eigenvalue weighted by Gasteiger charge is 2.47. The first-order valence-corrected chi connectivity index (χ1v) is 9.74. The maximum absolute atomic E-state index is 13.6. The maximum atomic E-state index is 13.6. The van der Waals surface area contributed by atoms with Crippen molar-refractivity contribution in [2.24, 2.45) is 11.8 Å². The van der Waals surface area contributed by atoms with E-state index in [2.05, 4.69) is 16.0 Å². The lowest BCUT2D eigenvalue weighted by Gasteiger charge is -2.42. The van der Waals surface area contributed by atoms with E-state index in [1.54, 1.807) is 0 Å². The van der Waals surface area contributed by atoms with Crippen molar-refractivity contribution in [3.05, 3.63) is 0 Å². The third-order valence-electron chi connectivity index (χ3n) is 5.95. The summed E-state index contributed by atoms with van der Waals surface area (Å²) in [4.78, 5) is 12.3. The molecule has 0 aromatic heterocycles. The lowest BCUT2D eigenvalue weighted by molar-refractivity contribution is -0.123. The van der Waals surface area contributed by atoms with Gasteiger partial charge in [-0.1, -0.05) is 0 Å². The number of nitrogens with one attached hydrogen (secondary N) is 3. The van der Waals surface area contributed by atoms with Crippen LogP contribution in [0.1, 0.15) is 44.9 Å². The first-order chi connectivity index (χ1) is 10.7. The second-order valence-electron chi connectivity index (χ2n) is 7.32. The predicted octanol–water partition coefficient (Wildman–Crippen LogP) is 1.76. The van der Waals surface area contributed by atoms with Crippen LogP contribution >= 0.6 is 11.8 Å².